The molecular weight excluding hydrogens is 318 g/mol. The molecule has 4 rings (SSSR count). The van der Waals surface area contributed by atoms with Gasteiger partial charge in [-0.1, -0.05) is 31.4 Å². The molecule has 1 aliphatic carbocycles. The molecule has 0 unspecified atom stereocenters. The Morgan fingerprint density at radius 1 is 1.08 bits per heavy atom. The number of carbonyl (C=O) groups excluding carboxylic acids is 1. The highest BCUT2D eigenvalue weighted by Crippen LogP contribution is 2.26. The molecule has 1 aromatic carbocycles. The summed E-state index contributed by atoms with van der Waals surface area (Å²) in [6.07, 6.45) is 5.97. The van der Waals surface area contributed by atoms with Crippen LogP contribution >= 0.6 is 11.3 Å². The molecular formula is C19H25N3OS. The summed E-state index contributed by atoms with van der Waals surface area (Å²) in [5.74, 6) is 0.712. The Labute approximate surface area is 147 Å². The number of carbonyl (C=O) groups is 1. The molecule has 0 bridgehead atoms. The van der Waals surface area contributed by atoms with Crippen LogP contribution in [0, 0.1) is 5.92 Å². The van der Waals surface area contributed by atoms with Gasteiger partial charge in [0.15, 0.2) is 0 Å². The highest BCUT2D eigenvalue weighted by Gasteiger charge is 2.28. The quantitative estimate of drug-likeness (QED) is 0.855. The van der Waals surface area contributed by atoms with Gasteiger partial charge in [0.05, 0.1) is 16.8 Å². The maximum absolute atomic E-state index is 12.6. The number of fused-ring (bicyclic) bond motifs is 1. The van der Waals surface area contributed by atoms with E-state index in [-0.39, 0.29) is 0 Å². The SMILES string of the molecule is O=C(C1CCCCC1)N1CCN(Cc2nc3ccccc3s2)CC1. The lowest BCUT2D eigenvalue weighted by Crippen LogP contribution is -2.50. The Morgan fingerprint density at radius 3 is 2.58 bits per heavy atom. The summed E-state index contributed by atoms with van der Waals surface area (Å²) in [6.45, 7) is 4.59. The van der Waals surface area contributed by atoms with E-state index in [0.29, 0.717) is 11.8 Å². The zero-order chi connectivity index (χ0) is 16.4. The van der Waals surface area contributed by atoms with Crippen molar-refractivity contribution in [1.82, 2.24) is 14.8 Å². The van der Waals surface area contributed by atoms with E-state index in [9.17, 15) is 4.79 Å². The summed E-state index contributed by atoms with van der Waals surface area (Å²) >= 11 is 1.79. The summed E-state index contributed by atoms with van der Waals surface area (Å²) in [5, 5.41) is 1.18. The summed E-state index contributed by atoms with van der Waals surface area (Å²) in [4.78, 5) is 21.9. The Morgan fingerprint density at radius 2 is 1.83 bits per heavy atom. The molecule has 24 heavy (non-hydrogen) atoms. The minimum absolute atomic E-state index is 0.301. The third-order valence-electron chi connectivity index (χ3n) is 5.34. The van der Waals surface area contributed by atoms with E-state index in [1.54, 1.807) is 11.3 Å². The Hall–Kier alpha value is -1.46. The van der Waals surface area contributed by atoms with Crippen LogP contribution in [-0.4, -0.2) is 46.9 Å². The number of piperazine rings is 1. The van der Waals surface area contributed by atoms with Crippen molar-refractivity contribution in [2.45, 2.75) is 38.6 Å². The van der Waals surface area contributed by atoms with E-state index < -0.39 is 0 Å². The van der Waals surface area contributed by atoms with Gasteiger partial charge in [-0.2, -0.15) is 0 Å². The Bertz CT molecular complexity index is 666. The zero-order valence-electron chi connectivity index (χ0n) is 14.1. The van der Waals surface area contributed by atoms with Gasteiger partial charge >= 0.3 is 0 Å². The van der Waals surface area contributed by atoms with Crippen molar-refractivity contribution in [3.05, 3.63) is 29.3 Å². The summed E-state index contributed by atoms with van der Waals surface area (Å²) in [7, 11) is 0. The van der Waals surface area contributed by atoms with E-state index in [4.69, 9.17) is 4.98 Å². The van der Waals surface area contributed by atoms with Crippen LogP contribution < -0.4 is 0 Å². The molecule has 1 saturated carbocycles. The number of hydrogen-bond acceptors (Lipinski definition) is 4. The number of rotatable bonds is 3. The number of aromatic nitrogens is 1. The molecule has 1 amide bonds. The smallest absolute Gasteiger partial charge is 0.225 e. The van der Waals surface area contributed by atoms with E-state index in [1.807, 2.05) is 6.07 Å². The minimum Gasteiger partial charge on any atom is -0.340 e. The van der Waals surface area contributed by atoms with Crippen molar-refractivity contribution in [1.29, 1.82) is 0 Å². The molecule has 2 aromatic rings. The molecule has 0 spiro atoms. The first kappa shape index (κ1) is 16.0. The fraction of sp³-hybridized carbons (Fsp3) is 0.579. The van der Waals surface area contributed by atoms with Crippen LogP contribution in [0.3, 0.4) is 0 Å². The molecule has 2 heterocycles. The Balaban J connectivity index is 1.31. The van der Waals surface area contributed by atoms with E-state index in [1.165, 1.54) is 29.0 Å². The second-order valence-corrected chi connectivity index (χ2v) is 8.13. The number of para-hydroxylation sites is 1. The van der Waals surface area contributed by atoms with Gasteiger partial charge in [-0.05, 0) is 25.0 Å². The zero-order valence-corrected chi connectivity index (χ0v) is 14.9. The monoisotopic (exact) mass is 343 g/mol. The molecule has 1 aliphatic heterocycles. The number of benzene rings is 1. The number of amides is 1. The predicted molar refractivity (Wildman–Crippen MR) is 98.1 cm³/mol. The van der Waals surface area contributed by atoms with Crippen LogP contribution in [0.1, 0.15) is 37.1 Å². The lowest BCUT2D eigenvalue weighted by Gasteiger charge is -2.36. The third kappa shape index (κ3) is 3.47. The van der Waals surface area contributed by atoms with E-state index in [0.717, 1.165) is 51.1 Å². The van der Waals surface area contributed by atoms with Gasteiger partial charge in [-0.3, -0.25) is 9.69 Å². The molecule has 0 N–H and O–H groups in total. The van der Waals surface area contributed by atoms with Gasteiger partial charge in [0.2, 0.25) is 5.91 Å². The molecule has 128 valence electrons. The minimum atomic E-state index is 0.301. The highest BCUT2D eigenvalue weighted by atomic mass is 32.1. The summed E-state index contributed by atoms with van der Waals surface area (Å²) in [6, 6.07) is 8.33. The van der Waals surface area contributed by atoms with Gasteiger partial charge in [0.1, 0.15) is 5.01 Å². The third-order valence-corrected chi connectivity index (χ3v) is 6.36. The summed E-state index contributed by atoms with van der Waals surface area (Å²) in [5.41, 5.74) is 1.10. The van der Waals surface area contributed by atoms with Gasteiger partial charge in [0, 0.05) is 32.1 Å². The number of hydrogen-bond donors (Lipinski definition) is 0. The van der Waals surface area contributed by atoms with Crippen LogP contribution in [0.4, 0.5) is 0 Å². The van der Waals surface area contributed by atoms with Crippen molar-refractivity contribution in [3.63, 3.8) is 0 Å². The van der Waals surface area contributed by atoms with E-state index in [2.05, 4.69) is 28.0 Å². The molecule has 5 heteroatoms. The maximum atomic E-state index is 12.6. The van der Waals surface area contributed by atoms with Crippen molar-refractivity contribution in [2.75, 3.05) is 26.2 Å². The van der Waals surface area contributed by atoms with Crippen LogP contribution in [0.5, 0.6) is 0 Å². The van der Waals surface area contributed by atoms with Gasteiger partial charge in [-0.25, -0.2) is 4.98 Å². The normalized spacial score (nSPS) is 20.6. The molecule has 2 aliphatic rings. The first-order valence-electron chi connectivity index (χ1n) is 9.15. The molecule has 1 aromatic heterocycles. The average molecular weight is 343 g/mol. The maximum Gasteiger partial charge on any atom is 0.225 e. The first-order chi connectivity index (χ1) is 11.8. The standard InChI is InChI=1S/C19H25N3OS/c23-19(15-6-2-1-3-7-15)22-12-10-21(11-13-22)14-18-20-16-8-4-5-9-17(16)24-18/h4-5,8-9,15H,1-3,6-7,10-14H2. The largest absolute Gasteiger partial charge is 0.340 e. The van der Waals surface area contributed by atoms with E-state index >= 15 is 0 Å². The molecule has 2 fully saturated rings. The highest BCUT2D eigenvalue weighted by molar-refractivity contribution is 7.18. The van der Waals surface area contributed by atoms with Crippen LogP contribution in [0.25, 0.3) is 10.2 Å². The fourth-order valence-corrected chi connectivity index (χ4v) is 4.92. The molecule has 4 nitrogen and oxygen atoms in total. The van der Waals surface area contributed by atoms with Crippen LogP contribution in [0.15, 0.2) is 24.3 Å². The van der Waals surface area contributed by atoms with Gasteiger partial charge in [0.25, 0.3) is 0 Å². The topological polar surface area (TPSA) is 36.4 Å². The summed E-state index contributed by atoms with van der Waals surface area (Å²) < 4.78 is 1.26. The molecule has 1 saturated heterocycles. The average Bonchev–Trinajstić information content (AvgIpc) is 3.05. The second kappa shape index (κ2) is 7.19. The first-order valence-corrected chi connectivity index (χ1v) is 9.97. The van der Waals surface area contributed by atoms with Crippen LogP contribution in [0.2, 0.25) is 0 Å². The van der Waals surface area contributed by atoms with Gasteiger partial charge < -0.3 is 4.90 Å². The van der Waals surface area contributed by atoms with Crippen molar-refractivity contribution >= 4 is 27.5 Å². The van der Waals surface area contributed by atoms with Gasteiger partial charge in [-0.15, -0.1) is 11.3 Å². The van der Waals surface area contributed by atoms with Crippen molar-refractivity contribution < 1.29 is 4.79 Å². The predicted octanol–water partition coefficient (Wildman–Crippen LogP) is 3.52. The van der Waals surface area contributed by atoms with Crippen molar-refractivity contribution in [3.8, 4) is 0 Å². The lowest BCUT2D eigenvalue weighted by molar-refractivity contribution is -0.138. The fourth-order valence-electron chi connectivity index (χ4n) is 3.91. The molecule has 0 atom stereocenters. The van der Waals surface area contributed by atoms with Crippen LogP contribution in [-0.2, 0) is 11.3 Å². The lowest BCUT2D eigenvalue weighted by atomic mass is 9.88. The number of nitrogens with zero attached hydrogens (tertiary/aromatic N) is 3. The molecule has 0 radical (unpaired) electrons. The second-order valence-electron chi connectivity index (χ2n) is 7.01. The Kier molecular flexibility index (Phi) is 4.81. The van der Waals surface area contributed by atoms with Crippen molar-refractivity contribution in [2.24, 2.45) is 5.92 Å². The number of thiazole rings is 1.